The van der Waals surface area contributed by atoms with Crippen LogP contribution in [0.1, 0.15) is 18.1 Å². The molecule has 0 aliphatic carbocycles. The molecule has 0 aliphatic heterocycles. The fourth-order valence-corrected chi connectivity index (χ4v) is 2.49. The molecule has 0 bridgehead atoms. The Morgan fingerprint density at radius 2 is 2.17 bits per heavy atom. The van der Waals surface area contributed by atoms with Gasteiger partial charge in [0.05, 0.1) is 22.7 Å². The number of nitrogens with two attached hydrogens (primary N) is 1. The number of benzene rings is 1. The number of aliphatic hydroxyl groups excluding tert-OH is 2. The molecule has 0 saturated carbocycles. The lowest BCUT2D eigenvalue weighted by atomic mass is 10.0. The third kappa shape index (κ3) is 2.42. The first-order valence-electron chi connectivity index (χ1n) is 5.22. The Hall–Kier alpha value is -1.70. The van der Waals surface area contributed by atoms with Gasteiger partial charge in [0.2, 0.25) is 0 Å². The summed E-state index contributed by atoms with van der Waals surface area (Å²) in [7, 11) is 0. The summed E-state index contributed by atoms with van der Waals surface area (Å²) in [5, 5.41) is 28.5. The maximum absolute atomic E-state index is 10.5. The van der Waals surface area contributed by atoms with Gasteiger partial charge in [0.25, 0.3) is 0 Å². The third-order valence-corrected chi connectivity index (χ3v) is 3.38. The maximum atomic E-state index is 10.5. The van der Waals surface area contributed by atoms with E-state index in [4.69, 9.17) is 10.8 Å². The van der Waals surface area contributed by atoms with Gasteiger partial charge < -0.3 is 21.1 Å². The molecule has 0 radical (unpaired) electrons. The molecule has 18 heavy (non-hydrogen) atoms. The molecule has 1 aromatic carbocycles. The van der Waals surface area contributed by atoms with Crippen molar-refractivity contribution in [1.29, 1.82) is 0 Å². The van der Waals surface area contributed by atoms with E-state index in [-0.39, 0.29) is 0 Å². The van der Waals surface area contributed by atoms with E-state index < -0.39 is 24.6 Å². The molecule has 1 aromatic heterocycles. The highest BCUT2D eigenvalue weighted by Crippen LogP contribution is 2.31. The number of anilines is 1. The first kappa shape index (κ1) is 12.7. The monoisotopic (exact) mass is 268 g/mol. The van der Waals surface area contributed by atoms with Crippen molar-refractivity contribution in [2.45, 2.75) is 18.6 Å². The zero-order valence-corrected chi connectivity index (χ0v) is 10.1. The lowest BCUT2D eigenvalue weighted by Gasteiger charge is -2.16. The number of aromatic nitrogens is 1. The maximum Gasteiger partial charge on any atom is 0.306 e. The second-order valence-corrected chi connectivity index (χ2v) is 4.92. The molecule has 7 heteroatoms. The van der Waals surface area contributed by atoms with Crippen molar-refractivity contribution in [1.82, 2.24) is 4.98 Å². The van der Waals surface area contributed by atoms with Crippen molar-refractivity contribution in [3.63, 3.8) is 0 Å². The van der Waals surface area contributed by atoms with Crippen LogP contribution >= 0.6 is 11.3 Å². The highest BCUT2D eigenvalue weighted by atomic mass is 32.1. The smallest absolute Gasteiger partial charge is 0.306 e. The molecule has 0 saturated heterocycles. The molecule has 2 aromatic rings. The van der Waals surface area contributed by atoms with Crippen molar-refractivity contribution in [3.8, 4) is 0 Å². The van der Waals surface area contributed by atoms with Gasteiger partial charge in [-0.2, -0.15) is 0 Å². The van der Waals surface area contributed by atoms with E-state index >= 15 is 0 Å². The number of thiazole rings is 1. The topological polar surface area (TPSA) is 117 Å². The molecule has 1 heterocycles. The molecule has 96 valence electrons. The van der Waals surface area contributed by atoms with Crippen LogP contribution in [-0.4, -0.2) is 32.4 Å². The van der Waals surface area contributed by atoms with E-state index in [1.54, 1.807) is 18.2 Å². The average Bonchev–Trinajstić information content (AvgIpc) is 2.66. The van der Waals surface area contributed by atoms with E-state index in [9.17, 15) is 15.0 Å². The Morgan fingerprint density at radius 3 is 2.83 bits per heavy atom. The highest BCUT2D eigenvalue weighted by molar-refractivity contribution is 7.22. The molecule has 2 unspecified atom stereocenters. The normalized spacial score (nSPS) is 14.6. The summed E-state index contributed by atoms with van der Waals surface area (Å²) in [6.07, 6.45) is -3.21. The Kier molecular flexibility index (Phi) is 3.46. The zero-order valence-electron chi connectivity index (χ0n) is 9.28. The fraction of sp³-hybridized carbons (Fsp3) is 0.273. The van der Waals surface area contributed by atoms with Gasteiger partial charge in [-0.1, -0.05) is 23.5 Å². The number of aliphatic hydroxyl groups is 2. The van der Waals surface area contributed by atoms with Gasteiger partial charge in [-0.05, 0) is 6.07 Å². The number of carboxylic acids is 1. The van der Waals surface area contributed by atoms with Crippen molar-refractivity contribution in [3.05, 3.63) is 23.8 Å². The molecule has 0 amide bonds. The average molecular weight is 268 g/mol. The summed E-state index contributed by atoms with van der Waals surface area (Å²) in [5.74, 6) is -1.17. The molecule has 0 spiro atoms. The molecule has 0 fully saturated rings. The summed E-state index contributed by atoms with van der Waals surface area (Å²) in [5.41, 5.74) is 6.47. The van der Waals surface area contributed by atoms with Gasteiger partial charge in [-0.3, -0.25) is 4.79 Å². The van der Waals surface area contributed by atoms with E-state index in [1.807, 2.05) is 0 Å². The Balaban J connectivity index is 2.37. The number of para-hydroxylation sites is 1. The second kappa shape index (κ2) is 4.89. The van der Waals surface area contributed by atoms with Crippen LogP contribution in [0.3, 0.4) is 0 Å². The van der Waals surface area contributed by atoms with Gasteiger partial charge in [0.1, 0.15) is 6.10 Å². The standard InChI is InChI=1S/C11H12N2O4S/c12-11-13-9-5(2-1-3-7(9)18-11)10(17)6(14)4-8(15)16/h1-3,6,10,14,17H,4H2,(H2,12,13)(H,15,16). The zero-order chi connectivity index (χ0) is 13.3. The fourth-order valence-electron chi connectivity index (χ4n) is 1.72. The number of nitrogen functional groups attached to an aromatic ring is 1. The van der Waals surface area contributed by atoms with Gasteiger partial charge in [-0.25, -0.2) is 4.98 Å². The summed E-state index contributed by atoms with van der Waals surface area (Å²) in [6.45, 7) is 0. The van der Waals surface area contributed by atoms with E-state index in [0.29, 0.717) is 16.2 Å². The lowest BCUT2D eigenvalue weighted by Crippen LogP contribution is -2.22. The van der Waals surface area contributed by atoms with Crippen LogP contribution in [0.5, 0.6) is 0 Å². The van der Waals surface area contributed by atoms with E-state index in [0.717, 1.165) is 4.70 Å². The van der Waals surface area contributed by atoms with Crippen LogP contribution < -0.4 is 5.73 Å². The minimum atomic E-state index is -1.38. The molecule has 6 nitrogen and oxygen atoms in total. The molecular formula is C11H12N2O4S. The predicted octanol–water partition coefficient (Wildman–Crippen LogP) is 0.747. The van der Waals surface area contributed by atoms with Gasteiger partial charge in [0.15, 0.2) is 5.13 Å². The quantitative estimate of drug-likeness (QED) is 0.650. The summed E-state index contributed by atoms with van der Waals surface area (Å²) < 4.78 is 0.784. The number of carbonyl (C=O) groups is 1. The van der Waals surface area contributed by atoms with Crippen LogP contribution in [0, 0.1) is 0 Å². The van der Waals surface area contributed by atoms with E-state index in [2.05, 4.69) is 4.98 Å². The molecule has 0 aliphatic rings. The Morgan fingerprint density at radius 1 is 1.44 bits per heavy atom. The molecule has 5 N–H and O–H groups in total. The minimum absolute atomic E-state index is 0.359. The molecular weight excluding hydrogens is 256 g/mol. The SMILES string of the molecule is Nc1nc2c(C(O)C(O)CC(=O)O)cccc2s1. The summed E-state index contributed by atoms with van der Waals surface area (Å²) in [4.78, 5) is 14.6. The minimum Gasteiger partial charge on any atom is -0.481 e. The number of carboxylic acid groups (broad SMARTS) is 1. The van der Waals surface area contributed by atoms with Crippen LogP contribution in [0.4, 0.5) is 5.13 Å². The van der Waals surface area contributed by atoms with Gasteiger partial charge in [0, 0.05) is 5.56 Å². The largest absolute Gasteiger partial charge is 0.481 e. The van der Waals surface area contributed by atoms with Crippen molar-refractivity contribution < 1.29 is 20.1 Å². The number of nitrogens with zero attached hydrogens (tertiary/aromatic N) is 1. The first-order chi connectivity index (χ1) is 8.49. The van der Waals surface area contributed by atoms with Crippen molar-refractivity contribution >= 4 is 32.7 Å². The second-order valence-electron chi connectivity index (χ2n) is 3.86. The van der Waals surface area contributed by atoms with Crippen LogP contribution in [-0.2, 0) is 4.79 Å². The number of fused-ring (bicyclic) bond motifs is 1. The number of hydrogen-bond acceptors (Lipinski definition) is 6. The Bertz CT molecular complexity index is 583. The number of rotatable bonds is 4. The van der Waals surface area contributed by atoms with Gasteiger partial charge >= 0.3 is 5.97 Å². The Labute approximate surface area is 106 Å². The molecule has 2 rings (SSSR count). The van der Waals surface area contributed by atoms with Crippen LogP contribution in [0.15, 0.2) is 18.2 Å². The highest BCUT2D eigenvalue weighted by Gasteiger charge is 2.23. The lowest BCUT2D eigenvalue weighted by molar-refractivity contribution is -0.141. The van der Waals surface area contributed by atoms with E-state index in [1.165, 1.54) is 11.3 Å². The number of hydrogen-bond donors (Lipinski definition) is 4. The van der Waals surface area contributed by atoms with Gasteiger partial charge in [-0.15, -0.1) is 0 Å². The third-order valence-electron chi connectivity index (χ3n) is 2.53. The summed E-state index contributed by atoms with van der Waals surface area (Å²) >= 11 is 1.27. The van der Waals surface area contributed by atoms with Crippen LogP contribution in [0.2, 0.25) is 0 Å². The predicted molar refractivity (Wildman–Crippen MR) is 67.3 cm³/mol. The summed E-state index contributed by atoms with van der Waals surface area (Å²) in [6, 6.07) is 5.09. The molecule has 2 atom stereocenters. The van der Waals surface area contributed by atoms with Crippen LogP contribution in [0.25, 0.3) is 10.2 Å². The van der Waals surface area contributed by atoms with Crippen molar-refractivity contribution in [2.24, 2.45) is 0 Å². The van der Waals surface area contributed by atoms with Crippen molar-refractivity contribution in [2.75, 3.05) is 5.73 Å². The number of aliphatic carboxylic acids is 1. The first-order valence-corrected chi connectivity index (χ1v) is 6.03.